The van der Waals surface area contributed by atoms with Crippen LogP contribution in [0.1, 0.15) is 33.1 Å². The first-order valence-electron chi connectivity index (χ1n) is 9.06. The first-order chi connectivity index (χ1) is 13.9. The molecule has 0 saturated heterocycles. The monoisotopic (exact) mass is 408 g/mol. The summed E-state index contributed by atoms with van der Waals surface area (Å²) >= 11 is 1.28. The van der Waals surface area contributed by atoms with Gasteiger partial charge in [0.25, 0.3) is 0 Å². The number of hydrogen-bond acceptors (Lipinski definition) is 4. The lowest BCUT2D eigenvalue weighted by Crippen LogP contribution is -2.31. The summed E-state index contributed by atoms with van der Waals surface area (Å²) in [7, 11) is 0. The second-order valence-corrected chi connectivity index (χ2v) is 7.80. The van der Waals surface area contributed by atoms with Gasteiger partial charge in [-0.25, -0.2) is 0 Å². The van der Waals surface area contributed by atoms with E-state index in [4.69, 9.17) is 0 Å². The van der Waals surface area contributed by atoms with E-state index in [-0.39, 0.29) is 12.2 Å². The second kappa shape index (κ2) is 8.84. The van der Waals surface area contributed by atoms with E-state index in [0.717, 1.165) is 16.7 Å². The lowest BCUT2D eigenvalue weighted by molar-refractivity contribution is -0.155. The zero-order chi connectivity index (χ0) is 21.0. The van der Waals surface area contributed by atoms with Gasteiger partial charge in [0.15, 0.2) is 11.7 Å². The summed E-state index contributed by atoms with van der Waals surface area (Å²) < 4.78 is 0. The van der Waals surface area contributed by atoms with Crippen LogP contribution in [0.25, 0.3) is 11.1 Å². The van der Waals surface area contributed by atoms with Crippen LogP contribution in [0.4, 0.5) is 0 Å². The van der Waals surface area contributed by atoms with Crippen molar-refractivity contribution in [3.8, 4) is 11.1 Å². The van der Waals surface area contributed by atoms with Gasteiger partial charge in [-0.1, -0.05) is 60.2 Å². The minimum Gasteiger partial charge on any atom is -0.481 e. The molecule has 1 heterocycles. The zero-order valence-corrected chi connectivity index (χ0v) is 16.6. The van der Waals surface area contributed by atoms with E-state index < -0.39 is 23.8 Å². The van der Waals surface area contributed by atoms with Crippen molar-refractivity contribution in [1.82, 2.24) is 0 Å². The summed E-state index contributed by atoms with van der Waals surface area (Å²) in [6.45, 7) is 1.90. The minimum atomic E-state index is -1.70. The Morgan fingerprint density at radius 3 is 2.10 bits per heavy atom. The van der Waals surface area contributed by atoms with Crippen LogP contribution in [0.2, 0.25) is 0 Å². The molecule has 0 aliphatic heterocycles. The number of carbonyl (C=O) groups excluding carboxylic acids is 1. The van der Waals surface area contributed by atoms with E-state index in [9.17, 15) is 24.6 Å². The average molecular weight is 408 g/mol. The lowest BCUT2D eigenvalue weighted by atomic mass is 9.85. The molecule has 148 valence electrons. The molecule has 0 spiro atoms. The van der Waals surface area contributed by atoms with Gasteiger partial charge in [0.1, 0.15) is 0 Å². The van der Waals surface area contributed by atoms with Crippen LogP contribution in [0.3, 0.4) is 0 Å². The van der Waals surface area contributed by atoms with Crippen molar-refractivity contribution in [1.29, 1.82) is 0 Å². The van der Waals surface area contributed by atoms with Crippen molar-refractivity contribution >= 4 is 29.1 Å². The maximum Gasteiger partial charge on any atom is 0.318 e. The number of aryl methyl sites for hydroxylation is 1. The molecular formula is C23H20O5S. The Kier molecular flexibility index (Phi) is 6.24. The molecular weight excluding hydrogens is 388 g/mol. The van der Waals surface area contributed by atoms with Crippen LogP contribution in [0, 0.1) is 12.8 Å². The summed E-state index contributed by atoms with van der Waals surface area (Å²) in [6, 6.07) is 18.2. The van der Waals surface area contributed by atoms with Crippen LogP contribution in [0.5, 0.6) is 0 Å². The molecule has 0 aliphatic rings. The first kappa shape index (κ1) is 20.5. The highest BCUT2D eigenvalue weighted by atomic mass is 32.1. The highest BCUT2D eigenvalue weighted by Gasteiger charge is 2.38. The molecule has 0 bridgehead atoms. The number of carboxylic acids is 2. The van der Waals surface area contributed by atoms with Crippen LogP contribution in [0.15, 0.2) is 66.0 Å². The van der Waals surface area contributed by atoms with Crippen molar-refractivity contribution in [3.05, 3.63) is 82.0 Å². The SMILES string of the molecule is Cc1ccc(C(=O)CC(c2cc(-c3ccccc3)cs2)C(C(=O)O)C(=O)O)cc1. The van der Waals surface area contributed by atoms with E-state index >= 15 is 0 Å². The third kappa shape index (κ3) is 4.78. The van der Waals surface area contributed by atoms with Crippen molar-refractivity contribution < 1.29 is 24.6 Å². The summed E-state index contributed by atoms with van der Waals surface area (Å²) in [5.74, 6) is -5.84. The maximum atomic E-state index is 12.8. The molecule has 3 aromatic rings. The number of aliphatic carboxylic acids is 2. The molecule has 1 unspecified atom stereocenters. The Hall–Kier alpha value is -3.25. The Balaban J connectivity index is 1.96. The highest BCUT2D eigenvalue weighted by molar-refractivity contribution is 7.10. The Bertz CT molecular complexity index is 1010. The Morgan fingerprint density at radius 2 is 1.52 bits per heavy atom. The van der Waals surface area contributed by atoms with Crippen LogP contribution >= 0.6 is 11.3 Å². The van der Waals surface area contributed by atoms with Crippen molar-refractivity contribution in [3.63, 3.8) is 0 Å². The van der Waals surface area contributed by atoms with E-state index in [1.165, 1.54) is 11.3 Å². The standard InChI is InChI=1S/C23H20O5S/c1-14-7-9-16(10-8-14)19(24)12-18(21(22(25)26)23(27)28)20-11-17(13-29-20)15-5-3-2-4-6-15/h2-11,13,18,21H,12H2,1H3,(H,25,26)(H,27,28). The predicted octanol–water partition coefficient (Wildman–Crippen LogP) is 4.87. The number of hydrogen-bond donors (Lipinski definition) is 2. The smallest absolute Gasteiger partial charge is 0.318 e. The summed E-state index contributed by atoms with van der Waals surface area (Å²) in [4.78, 5) is 36.8. The third-order valence-electron chi connectivity index (χ3n) is 4.81. The number of rotatable bonds is 8. The minimum absolute atomic E-state index is 0.193. The van der Waals surface area contributed by atoms with Crippen LogP contribution in [-0.2, 0) is 9.59 Å². The van der Waals surface area contributed by atoms with Crippen molar-refractivity contribution in [2.24, 2.45) is 5.92 Å². The second-order valence-electron chi connectivity index (χ2n) is 6.86. The Labute approximate surface area is 172 Å². The largest absolute Gasteiger partial charge is 0.481 e. The quantitative estimate of drug-likeness (QED) is 0.410. The normalized spacial score (nSPS) is 11.9. The first-order valence-corrected chi connectivity index (χ1v) is 9.94. The molecule has 6 heteroatoms. The molecule has 3 rings (SSSR count). The topological polar surface area (TPSA) is 91.7 Å². The van der Waals surface area contributed by atoms with Gasteiger partial charge in [0.05, 0.1) is 0 Å². The number of carbonyl (C=O) groups is 3. The predicted molar refractivity (Wildman–Crippen MR) is 111 cm³/mol. The van der Waals surface area contributed by atoms with E-state index in [1.807, 2.05) is 42.6 Å². The molecule has 0 aliphatic carbocycles. The molecule has 5 nitrogen and oxygen atoms in total. The van der Waals surface area contributed by atoms with Gasteiger partial charge in [-0.2, -0.15) is 0 Å². The number of ketones is 1. The summed E-state index contributed by atoms with van der Waals surface area (Å²) in [5.41, 5.74) is 3.25. The fourth-order valence-corrected chi connectivity index (χ4v) is 4.28. The molecule has 0 amide bonds. The van der Waals surface area contributed by atoms with Crippen LogP contribution < -0.4 is 0 Å². The maximum absolute atomic E-state index is 12.8. The average Bonchev–Trinajstić information content (AvgIpc) is 3.18. The van der Waals surface area contributed by atoms with Gasteiger partial charge < -0.3 is 10.2 Å². The Morgan fingerprint density at radius 1 is 0.897 bits per heavy atom. The van der Waals surface area contributed by atoms with Gasteiger partial charge in [0.2, 0.25) is 0 Å². The lowest BCUT2D eigenvalue weighted by Gasteiger charge is -2.19. The van der Waals surface area contributed by atoms with E-state index in [2.05, 4.69) is 0 Å². The summed E-state index contributed by atoms with van der Waals surface area (Å²) in [6.07, 6.45) is -0.193. The molecule has 0 saturated carbocycles. The number of benzene rings is 2. The van der Waals surface area contributed by atoms with Gasteiger partial charge in [0, 0.05) is 22.8 Å². The highest BCUT2D eigenvalue weighted by Crippen LogP contribution is 2.37. The molecule has 29 heavy (non-hydrogen) atoms. The number of thiophene rings is 1. The van der Waals surface area contributed by atoms with Crippen molar-refractivity contribution in [2.45, 2.75) is 19.3 Å². The number of Topliss-reactive ketones (excluding diaryl/α,β-unsaturated/α-hetero) is 1. The molecule has 2 aromatic carbocycles. The van der Waals surface area contributed by atoms with E-state index in [1.54, 1.807) is 30.3 Å². The van der Waals surface area contributed by atoms with Crippen LogP contribution in [-0.4, -0.2) is 27.9 Å². The molecule has 2 N–H and O–H groups in total. The van der Waals surface area contributed by atoms with Gasteiger partial charge in [-0.05, 0) is 29.5 Å². The van der Waals surface area contributed by atoms with Crippen molar-refractivity contribution in [2.75, 3.05) is 0 Å². The fraction of sp³-hybridized carbons (Fsp3) is 0.174. The van der Waals surface area contributed by atoms with Gasteiger partial charge in [-0.15, -0.1) is 11.3 Å². The molecule has 0 fully saturated rings. The molecule has 1 atom stereocenters. The molecule has 1 aromatic heterocycles. The molecule has 0 radical (unpaired) electrons. The van der Waals surface area contributed by atoms with Gasteiger partial charge in [-0.3, -0.25) is 14.4 Å². The number of carboxylic acid groups (broad SMARTS) is 2. The fourth-order valence-electron chi connectivity index (χ4n) is 3.22. The summed E-state index contributed by atoms with van der Waals surface area (Å²) in [5, 5.41) is 20.9. The third-order valence-corrected chi connectivity index (χ3v) is 5.87. The van der Waals surface area contributed by atoms with E-state index in [0.29, 0.717) is 10.4 Å². The van der Waals surface area contributed by atoms with Gasteiger partial charge >= 0.3 is 11.9 Å². The zero-order valence-electron chi connectivity index (χ0n) is 15.7.